The lowest BCUT2D eigenvalue weighted by Gasteiger charge is -2.06. The van der Waals surface area contributed by atoms with Crippen molar-refractivity contribution in [1.82, 2.24) is 0 Å². The quantitative estimate of drug-likeness (QED) is 0.620. The number of allylic oxidation sites excluding steroid dienone is 1. The largest absolute Gasteiger partial charge is 0.504 e. The van der Waals surface area contributed by atoms with E-state index in [1.54, 1.807) is 18.2 Å². The highest BCUT2D eigenvalue weighted by molar-refractivity contribution is 6.05. The van der Waals surface area contributed by atoms with Gasteiger partial charge in [0.25, 0.3) is 0 Å². The van der Waals surface area contributed by atoms with Gasteiger partial charge in [-0.05, 0) is 37.6 Å². The van der Waals surface area contributed by atoms with E-state index in [1.165, 1.54) is 19.1 Å². The van der Waals surface area contributed by atoms with Crippen molar-refractivity contribution in [2.45, 2.75) is 20.3 Å². The highest BCUT2D eigenvalue weighted by atomic mass is 16.5. The molecule has 0 unspecified atom stereocenters. The molecule has 1 aromatic carbocycles. The molecule has 0 spiro atoms. The number of benzene rings is 1. The third kappa shape index (κ3) is 4.41. The van der Waals surface area contributed by atoms with E-state index in [-0.39, 0.29) is 23.7 Å². The number of hydrogen-bond donors (Lipinski definition) is 1. The molecule has 0 saturated heterocycles. The highest BCUT2D eigenvalue weighted by Gasteiger charge is 2.03. The molecule has 0 aliphatic carbocycles. The summed E-state index contributed by atoms with van der Waals surface area (Å²) >= 11 is 0. The molecule has 96 valence electrons. The van der Waals surface area contributed by atoms with Gasteiger partial charge in [-0.2, -0.15) is 0 Å². The van der Waals surface area contributed by atoms with Crippen LogP contribution in [0.1, 0.15) is 25.8 Å². The first-order valence-corrected chi connectivity index (χ1v) is 5.69. The first-order valence-electron chi connectivity index (χ1n) is 5.69. The number of Topliss-reactive ketones (excluding diaryl/α,β-unsaturated/α-hetero) is 1. The Morgan fingerprint density at radius 1 is 1.39 bits per heavy atom. The van der Waals surface area contributed by atoms with Crippen LogP contribution >= 0.6 is 0 Å². The zero-order valence-corrected chi connectivity index (χ0v) is 10.5. The number of ether oxygens (including phenoxy) is 1. The summed E-state index contributed by atoms with van der Waals surface area (Å²) in [5.74, 6) is 0.0293. The van der Waals surface area contributed by atoms with Gasteiger partial charge in [0, 0.05) is 0 Å². The van der Waals surface area contributed by atoms with Crippen molar-refractivity contribution in [3.05, 3.63) is 29.8 Å². The third-order valence-electron chi connectivity index (χ3n) is 2.17. The predicted octanol–water partition coefficient (Wildman–Crippen LogP) is 2.35. The van der Waals surface area contributed by atoms with Crippen LogP contribution in [0, 0.1) is 0 Å². The average molecular weight is 248 g/mol. The Hall–Kier alpha value is -2.10. The summed E-state index contributed by atoms with van der Waals surface area (Å²) in [4.78, 5) is 22.1. The van der Waals surface area contributed by atoms with Gasteiger partial charge in [-0.1, -0.05) is 12.1 Å². The number of phenolic OH excluding ortho intramolecular Hbond substituents is 1. The zero-order valence-electron chi connectivity index (χ0n) is 10.5. The molecule has 4 nitrogen and oxygen atoms in total. The van der Waals surface area contributed by atoms with Crippen LogP contribution in [0.3, 0.4) is 0 Å². The standard InChI is InChI=1S/C14H16O4/c1-3-18-14-9-11(5-7-13(14)17)4-6-12(16)8-10(2)15/h4-7,9,17H,3,8H2,1-2H3. The monoisotopic (exact) mass is 248 g/mol. The molecule has 0 saturated carbocycles. The summed E-state index contributed by atoms with van der Waals surface area (Å²) in [6, 6.07) is 4.80. The van der Waals surface area contributed by atoms with E-state index in [0.29, 0.717) is 12.4 Å². The van der Waals surface area contributed by atoms with E-state index < -0.39 is 0 Å². The minimum absolute atomic E-state index is 0.0593. The van der Waals surface area contributed by atoms with Crippen LogP contribution in [0.5, 0.6) is 11.5 Å². The fourth-order valence-electron chi connectivity index (χ4n) is 1.40. The fraction of sp³-hybridized carbons (Fsp3) is 0.286. The first kappa shape index (κ1) is 14.0. The second-order valence-electron chi connectivity index (χ2n) is 3.84. The molecule has 0 amide bonds. The number of carbonyl (C=O) groups excluding carboxylic acids is 2. The second-order valence-corrected chi connectivity index (χ2v) is 3.84. The van der Waals surface area contributed by atoms with E-state index in [0.717, 1.165) is 5.56 Å². The highest BCUT2D eigenvalue weighted by Crippen LogP contribution is 2.27. The van der Waals surface area contributed by atoms with Crippen molar-refractivity contribution in [1.29, 1.82) is 0 Å². The van der Waals surface area contributed by atoms with Gasteiger partial charge >= 0.3 is 0 Å². The molecule has 0 bridgehead atoms. The Bertz CT molecular complexity index is 475. The molecule has 0 fully saturated rings. The molecule has 1 rings (SSSR count). The van der Waals surface area contributed by atoms with Crippen LogP contribution in [0.25, 0.3) is 6.08 Å². The Kier molecular flexibility index (Phi) is 5.11. The Morgan fingerprint density at radius 2 is 2.11 bits per heavy atom. The zero-order chi connectivity index (χ0) is 13.5. The van der Waals surface area contributed by atoms with E-state index >= 15 is 0 Å². The smallest absolute Gasteiger partial charge is 0.163 e. The Balaban J connectivity index is 2.78. The summed E-state index contributed by atoms with van der Waals surface area (Å²) < 4.78 is 5.23. The second kappa shape index (κ2) is 6.59. The molecular weight excluding hydrogens is 232 g/mol. The molecule has 0 atom stereocenters. The molecule has 18 heavy (non-hydrogen) atoms. The van der Waals surface area contributed by atoms with Crippen LogP contribution in [-0.2, 0) is 9.59 Å². The minimum Gasteiger partial charge on any atom is -0.504 e. The van der Waals surface area contributed by atoms with Crippen molar-refractivity contribution < 1.29 is 19.4 Å². The molecule has 0 heterocycles. The van der Waals surface area contributed by atoms with Crippen molar-refractivity contribution in [3.8, 4) is 11.5 Å². The van der Waals surface area contributed by atoms with Gasteiger partial charge in [-0.3, -0.25) is 9.59 Å². The average Bonchev–Trinajstić information content (AvgIpc) is 2.29. The molecule has 0 aromatic heterocycles. The lowest BCUT2D eigenvalue weighted by Crippen LogP contribution is -2.00. The van der Waals surface area contributed by atoms with Gasteiger partial charge in [0.15, 0.2) is 17.3 Å². The van der Waals surface area contributed by atoms with Crippen LogP contribution < -0.4 is 4.74 Å². The minimum atomic E-state index is -0.242. The summed E-state index contributed by atoms with van der Waals surface area (Å²) in [6.07, 6.45) is 2.85. The van der Waals surface area contributed by atoms with E-state index in [4.69, 9.17) is 4.74 Å². The van der Waals surface area contributed by atoms with Gasteiger partial charge in [-0.15, -0.1) is 0 Å². The van der Waals surface area contributed by atoms with Crippen molar-refractivity contribution in [2.24, 2.45) is 0 Å². The number of phenols is 1. The summed E-state index contributed by atoms with van der Waals surface area (Å²) in [6.45, 7) is 3.64. The van der Waals surface area contributed by atoms with Crippen molar-refractivity contribution in [3.63, 3.8) is 0 Å². The van der Waals surface area contributed by atoms with Gasteiger partial charge in [0.05, 0.1) is 13.0 Å². The SMILES string of the molecule is CCOc1cc(C=CC(=O)CC(C)=O)ccc1O. The van der Waals surface area contributed by atoms with Gasteiger partial charge < -0.3 is 9.84 Å². The van der Waals surface area contributed by atoms with E-state index in [2.05, 4.69) is 0 Å². The molecule has 0 aliphatic rings. The fourth-order valence-corrected chi connectivity index (χ4v) is 1.40. The molecule has 1 aromatic rings. The molecule has 4 heteroatoms. The van der Waals surface area contributed by atoms with Gasteiger partial charge in [0.1, 0.15) is 5.78 Å². The van der Waals surface area contributed by atoms with Crippen molar-refractivity contribution >= 4 is 17.6 Å². The lowest BCUT2D eigenvalue weighted by molar-refractivity contribution is -0.123. The molecule has 0 aliphatic heterocycles. The predicted molar refractivity (Wildman–Crippen MR) is 68.6 cm³/mol. The maximum absolute atomic E-state index is 11.3. The lowest BCUT2D eigenvalue weighted by atomic mass is 10.1. The summed E-state index contributed by atoms with van der Waals surface area (Å²) in [7, 11) is 0. The van der Waals surface area contributed by atoms with Gasteiger partial charge in [0.2, 0.25) is 0 Å². The van der Waals surface area contributed by atoms with Crippen LogP contribution in [0.4, 0.5) is 0 Å². The summed E-state index contributed by atoms with van der Waals surface area (Å²) in [5, 5.41) is 9.50. The topological polar surface area (TPSA) is 63.6 Å². The molecule has 1 N–H and O–H groups in total. The first-order chi connectivity index (χ1) is 8.52. The van der Waals surface area contributed by atoms with Crippen LogP contribution in [0.2, 0.25) is 0 Å². The van der Waals surface area contributed by atoms with E-state index in [1.807, 2.05) is 6.92 Å². The van der Waals surface area contributed by atoms with Crippen molar-refractivity contribution in [2.75, 3.05) is 6.61 Å². The number of rotatable bonds is 6. The number of ketones is 2. The van der Waals surface area contributed by atoms with Crippen LogP contribution in [0.15, 0.2) is 24.3 Å². The number of hydrogen-bond acceptors (Lipinski definition) is 4. The molecule has 0 radical (unpaired) electrons. The van der Waals surface area contributed by atoms with E-state index in [9.17, 15) is 14.7 Å². The number of carbonyl (C=O) groups is 2. The van der Waals surface area contributed by atoms with Crippen LogP contribution in [-0.4, -0.2) is 23.3 Å². The normalized spacial score (nSPS) is 10.6. The maximum atomic E-state index is 11.3. The Morgan fingerprint density at radius 3 is 2.72 bits per heavy atom. The number of aromatic hydroxyl groups is 1. The summed E-state index contributed by atoms with van der Waals surface area (Å²) in [5.41, 5.74) is 0.730. The van der Waals surface area contributed by atoms with Gasteiger partial charge in [-0.25, -0.2) is 0 Å². The third-order valence-corrected chi connectivity index (χ3v) is 2.17. The maximum Gasteiger partial charge on any atom is 0.163 e. The molecular formula is C14H16O4. The Labute approximate surface area is 106 Å².